The van der Waals surface area contributed by atoms with E-state index in [9.17, 15) is 13.2 Å². The average molecular weight is 443 g/mol. The number of alkyl carbamates (subject to hydrolysis) is 1. The van der Waals surface area contributed by atoms with Gasteiger partial charge in [0.25, 0.3) is 10.0 Å². The largest absolute Gasteiger partial charge is 0.444 e. The highest BCUT2D eigenvalue weighted by Gasteiger charge is 2.23. The normalized spacial score (nSPS) is 14.4. The first-order chi connectivity index (χ1) is 14.5. The lowest BCUT2D eigenvalue weighted by Crippen LogP contribution is -2.34. The van der Waals surface area contributed by atoms with E-state index in [4.69, 9.17) is 10.00 Å². The first kappa shape index (κ1) is 22.4. The summed E-state index contributed by atoms with van der Waals surface area (Å²) >= 11 is 0. The molecule has 2 aromatic carbocycles. The standard InChI is InChI=1S/C22H26N4O4S/c1-15(24-21(27)30-22(2,3)4)16-6-5-7-18(12-16)25-31(28,29)19-8-9-20-17(13-19)10-11-26(20)14-23/h5-9,12-13,15,25H,10-11H2,1-4H3,(H,24,27). The van der Waals surface area contributed by atoms with Gasteiger partial charge in [-0.3, -0.25) is 9.62 Å². The Labute approximate surface area is 182 Å². The molecule has 1 unspecified atom stereocenters. The summed E-state index contributed by atoms with van der Waals surface area (Å²) in [6.07, 6.45) is 2.16. The Bertz CT molecular complexity index is 1130. The summed E-state index contributed by atoms with van der Waals surface area (Å²) in [7, 11) is -3.81. The second-order valence-corrected chi connectivity index (χ2v) is 10.1. The van der Waals surface area contributed by atoms with E-state index in [2.05, 4.69) is 16.2 Å². The maximum atomic E-state index is 12.9. The van der Waals surface area contributed by atoms with Gasteiger partial charge in [-0.15, -0.1) is 0 Å². The van der Waals surface area contributed by atoms with Crippen molar-refractivity contribution < 1.29 is 17.9 Å². The van der Waals surface area contributed by atoms with Crippen LogP contribution < -0.4 is 14.9 Å². The number of amides is 1. The van der Waals surface area contributed by atoms with Crippen LogP contribution in [-0.2, 0) is 21.2 Å². The van der Waals surface area contributed by atoms with Crippen LogP contribution in [0.3, 0.4) is 0 Å². The molecule has 31 heavy (non-hydrogen) atoms. The van der Waals surface area contributed by atoms with E-state index in [0.717, 1.165) is 16.8 Å². The average Bonchev–Trinajstić information content (AvgIpc) is 3.08. The molecule has 1 heterocycles. The Hall–Kier alpha value is -3.25. The van der Waals surface area contributed by atoms with Crippen LogP contribution in [0.2, 0.25) is 0 Å². The highest BCUT2D eigenvalue weighted by atomic mass is 32.2. The lowest BCUT2D eigenvalue weighted by atomic mass is 10.1. The Morgan fingerprint density at radius 1 is 1.23 bits per heavy atom. The molecule has 2 aromatic rings. The number of nitrogens with zero attached hydrogens (tertiary/aromatic N) is 2. The van der Waals surface area contributed by atoms with Crippen molar-refractivity contribution in [3.63, 3.8) is 0 Å². The molecular formula is C22H26N4O4S. The number of nitriles is 1. The smallest absolute Gasteiger partial charge is 0.408 e. The van der Waals surface area contributed by atoms with Crippen molar-refractivity contribution in [1.82, 2.24) is 5.32 Å². The summed E-state index contributed by atoms with van der Waals surface area (Å²) < 4.78 is 33.6. The first-order valence-corrected chi connectivity index (χ1v) is 11.4. The fourth-order valence-electron chi connectivity index (χ4n) is 3.30. The van der Waals surface area contributed by atoms with E-state index in [0.29, 0.717) is 18.7 Å². The second kappa shape index (κ2) is 8.47. The molecule has 3 rings (SSSR count). The number of benzene rings is 2. The topological polar surface area (TPSA) is 112 Å². The maximum absolute atomic E-state index is 12.9. The lowest BCUT2D eigenvalue weighted by Gasteiger charge is -2.22. The van der Waals surface area contributed by atoms with E-state index < -0.39 is 21.7 Å². The van der Waals surface area contributed by atoms with Crippen molar-refractivity contribution in [2.45, 2.75) is 50.7 Å². The Kier molecular flexibility index (Phi) is 6.13. The molecule has 0 bridgehead atoms. The Balaban J connectivity index is 1.74. The van der Waals surface area contributed by atoms with Gasteiger partial charge in [0.15, 0.2) is 6.19 Å². The molecule has 0 saturated heterocycles. The molecule has 0 fully saturated rings. The summed E-state index contributed by atoms with van der Waals surface area (Å²) in [5, 5.41) is 11.9. The van der Waals surface area contributed by atoms with Crippen molar-refractivity contribution >= 4 is 27.5 Å². The summed E-state index contributed by atoms with van der Waals surface area (Å²) in [6, 6.07) is 11.2. The number of fused-ring (bicyclic) bond motifs is 1. The van der Waals surface area contributed by atoms with E-state index in [1.165, 1.54) is 6.07 Å². The number of carbonyl (C=O) groups excluding carboxylic acids is 1. The third-order valence-electron chi connectivity index (χ3n) is 4.75. The summed E-state index contributed by atoms with van der Waals surface area (Å²) in [6.45, 7) is 7.68. The highest BCUT2D eigenvalue weighted by Crippen LogP contribution is 2.30. The van der Waals surface area contributed by atoms with Gasteiger partial charge in [0.05, 0.1) is 16.6 Å². The molecule has 1 aliphatic heterocycles. The number of hydrogen-bond acceptors (Lipinski definition) is 6. The Morgan fingerprint density at radius 2 is 1.97 bits per heavy atom. The monoisotopic (exact) mass is 442 g/mol. The maximum Gasteiger partial charge on any atom is 0.408 e. The molecule has 0 saturated carbocycles. The number of rotatable bonds is 5. The molecule has 0 aromatic heterocycles. The van der Waals surface area contributed by atoms with E-state index in [-0.39, 0.29) is 10.9 Å². The van der Waals surface area contributed by atoms with Gasteiger partial charge in [-0.2, -0.15) is 5.26 Å². The number of nitrogens with one attached hydrogen (secondary N) is 2. The first-order valence-electron chi connectivity index (χ1n) is 9.91. The molecule has 9 heteroatoms. The van der Waals surface area contributed by atoms with Crippen LogP contribution in [0.4, 0.5) is 16.2 Å². The predicted octanol–water partition coefficient (Wildman–Crippen LogP) is 3.92. The summed E-state index contributed by atoms with van der Waals surface area (Å²) in [5.74, 6) is 0. The highest BCUT2D eigenvalue weighted by molar-refractivity contribution is 7.92. The molecule has 1 amide bonds. The van der Waals surface area contributed by atoms with Gasteiger partial charge in [0.1, 0.15) is 5.60 Å². The molecule has 1 atom stereocenters. The molecular weight excluding hydrogens is 416 g/mol. The van der Waals surface area contributed by atoms with Crippen LogP contribution >= 0.6 is 0 Å². The van der Waals surface area contributed by atoms with E-state index >= 15 is 0 Å². The van der Waals surface area contributed by atoms with Crippen molar-refractivity contribution in [3.05, 3.63) is 53.6 Å². The van der Waals surface area contributed by atoms with Crippen LogP contribution in [-0.4, -0.2) is 26.7 Å². The minimum absolute atomic E-state index is 0.136. The molecule has 2 N–H and O–H groups in total. The minimum atomic E-state index is -3.81. The Morgan fingerprint density at radius 3 is 2.65 bits per heavy atom. The number of carbonyl (C=O) groups is 1. The fraction of sp³-hybridized carbons (Fsp3) is 0.364. The summed E-state index contributed by atoms with van der Waals surface area (Å²) in [4.78, 5) is 13.7. The molecule has 0 radical (unpaired) electrons. The van der Waals surface area contributed by atoms with Gasteiger partial charge < -0.3 is 10.1 Å². The van der Waals surface area contributed by atoms with Crippen LogP contribution in [0.1, 0.15) is 44.9 Å². The number of anilines is 2. The predicted molar refractivity (Wildman–Crippen MR) is 118 cm³/mol. The van der Waals surface area contributed by atoms with Crippen LogP contribution in [0, 0.1) is 11.5 Å². The zero-order chi connectivity index (χ0) is 22.8. The van der Waals surface area contributed by atoms with Crippen LogP contribution in [0.5, 0.6) is 0 Å². The van der Waals surface area contributed by atoms with Gasteiger partial charge in [0.2, 0.25) is 0 Å². The molecule has 0 spiro atoms. The molecule has 0 aliphatic carbocycles. The van der Waals surface area contributed by atoms with Crippen molar-refractivity contribution in [3.8, 4) is 6.19 Å². The van der Waals surface area contributed by atoms with E-state index in [1.807, 2.05) is 0 Å². The third-order valence-corrected chi connectivity index (χ3v) is 6.13. The van der Waals surface area contributed by atoms with Crippen molar-refractivity contribution in [1.29, 1.82) is 5.26 Å². The van der Waals surface area contributed by atoms with Crippen LogP contribution in [0.15, 0.2) is 47.4 Å². The zero-order valence-corrected chi connectivity index (χ0v) is 18.8. The van der Waals surface area contributed by atoms with Crippen LogP contribution in [0.25, 0.3) is 0 Å². The second-order valence-electron chi connectivity index (χ2n) is 8.39. The molecule has 1 aliphatic rings. The van der Waals surface area contributed by atoms with Gasteiger partial charge in [-0.1, -0.05) is 12.1 Å². The quantitative estimate of drug-likeness (QED) is 0.679. The zero-order valence-electron chi connectivity index (χ0n) is 18.0. The fourth-order valence-corrected chi connectivity index (χ4v) is 4.40. The van der Waals surface area contributed by atoms with Gasteiger partial charge in [-0.25, -0.2) is 13.2 Å². The molecule has 164 valence electrons. The number of hydrogen-bond donors (Lipinski definition) is 2. The lowest BCUT2D eigenvalue weighted by molar-refractivity contribution is 0.0508. The number of ether oxygens (including phenoxy) is 1. The van der Waals surface area contributed by atoms with Gasteiger partial charge in [0, 0.05) is 12.2 Å². The van der Waals surface area contributed by atoms with Gasteiger partial charge in [-0.05, 0) is 75.6 Å². The molecule has 8 nitrogen and oxygen atoms in total. The minimum Gasteiger partial charge on any atom is -0.444 e. The van der Waals surface area contributed by atoms with E-state index in [1.54, 1.807) is 69.0 Å². The SMILES string of the molecule is CC(NC(=O)OC(C)(C)C)c1cccc(NS(=O)(=O)c2ccc3c(c2)CCN3C#N)c1. The third kappa shape index (κ3) is 5.47. The van der Waals surface area contributed by atoms with Crippen molar-refractivity contribution in [2.24, 2.45) is 0 Å². The van der Waals surface area contributed by atoms with Crippen molar-refractivity contribution in [2.75, 3.05) is 16.2 Å². The number of sulfonamides is 1. The van der Waals surface area contributed by atoms with Gasteiger partial charge >= 0.3 is 6.09 Å². The summed E-state index contributed by atoms with van der Waals surface area (Å²) in [5.41, 5.74) is 2.07.